The van der Waals surface area contributed by atoms with E-state index in [1.165, 1.54) is 0 Å². The summed E-state index contributed by atoms with van der Waals surface area (Å²) in [6, 6.07) is 2.19. The first-order valence-corrected chi connectivity index (χ1v) is 9.16. The zero-order valence-electron chi connectivity index (χ0n) is 14.8. The Morgan fingerprint density at radius 2 is 1.80 bits per heavy atom. The monoisotopic (exact) mass is 342 g/mol. The molecule has 0 amide bonds. The van der Waals surface area contributed by atoms with Crippen LogP contribution in [0.5, 0.6) is 0 Å². The van der Waals surface area contributed by atoms with Crippen molar-refractivity contribution in [1.82, 2.24) is 29.6 Å². The minimum Gasteiger partial charge on any atom is -0.338 e. The summed E-state index contributed by atoms with van der Waals surface area (Å²) >= 11 is 0. The van der Waals surface area contributed by atoms with Crippen LogP contribution in [0.15, 0.2) is 18.5 Å². The summed E-state index contributed by atoms with van der Waals surface area (Å²) in [4.78, 5) is 13.4. The molecule has 2 aromatic rings. The molecule has 2 N–H and O–H groups in total. The van der Waals surface area contributed by atoms with Crippen molar-refractivity contribution in [2.24, 2.45) is 5.73 Å². The Labute approximate surface area is 148 Å². The van der Waals surface area contributed by atoms with Crippen molar-refractivity contribution in [1.29, 1.82) is 0 Å². The Balaban J connectivity index is 1.37. The first-order chi connectivity index (χ1) is 12.2. The van der Waals surface area contributed by atoms with Crippen molar-refractivity contribution in [3.8, 4) is 0 Å². The lowest BCUT2D eigenvalue weighted by atomic mass is 9.80. The van der Waals surface area contributed by atoms with E-state index in [9.17, 15) is 0 Å². The lowest BCUT2D eigenvalue weighted by Gasteiger charge is -2.34. The van der Waals surface area contributed by atoms with Gasteiger partial charge in [0.25, 0.3) is 0 Å². The molecule has 0 spiro atoms. The molecule has 2 aliphatic rings. The van der Waals surface area contributed by atoms with Crippen LogP contribution < -0.4 is 10.6 Å². The average Bonchev–Trinajstić information content (AvgIpc) is 3.02. The fourth-order valence-electron chi connectivity index (χ4n) is 3.75. The molecule has 8 nitrogen and oxygen atoms in total. The van der Waals surface area contributed by atoms with Gasteiger partial charge in [-0.2, -0.15) is 0 Å². The molecule has 3 heterocycles. The van der Waals surface area contributed by atoms with Crippen molar-refractivity contribution < 1.29 is 0 Å². The summed E-state index contributed by atoms with van der Waals surface area (Å²) < 4.78 is 2.28. The first-order valence-electron chi connectivity index (χ1n) is 9.16. The summed E-state index contributed by atoms with van der Waals surface area (Å²) in [5, 5.41) is 8.95. The highest BCUT2D eigenvalue weighted by Gasteiger charge is 2.32. The molecule has 1 aliphatic heterocycles. The molecule has 0 aromatic carbocycles. The summed E-state index contributed by atoms with van der Waals surface area (Å²) in [5.74, 6) is 3.50. The van der Waals surface area contributed by atoms with Crippen LogP contribution >= 0.6 is 0 Å². The van der Waals surface area contributed by atoms with E-state index in [4.69, 9.17) is 5.73 Å². The molecular weight excluding hydrogens is 316 g/mol. The maximum Gasteiger partial charge on any atom is 0.225 e. The summed E-state index contributed by atoms with van der Waals surface area (Å²) in [7, 11) is 0. The normalized spacial score (nSPS) is 24.3. The van der Waals surface area contributed by atoms with Gasteiger partial charge >= 0.3 is 0 Å². The van der Waals surface area contributed by atoms with Gasteiger partial charge < -0.3 is 15.2 Å². The van der Waals surface area contributed by atoms with E-state index in [1.807, 2.05) is 6.07 Å². The van der Waals surface area contributed by atoms with Crippen LogP contribution in [0.3, 0.4) is 0 Å². The first kappa shape index (κ1) is 16.4. The zero-order valence-corrected chi connectivity index (χ0v) is 14.8. The number of hydrogen-bond acceptors (Lipinski definition) is 7. The average molecular weight is 342 g/mol. The standard InChI is InChI=1S/C17H26N8/c1-2-25-15(21-22-16(25)13-10-14(18)11-13)12-23-6-8-24(9-7-23)17-19-4-3-5-20-17/h3-5,13-14H,2,6-12,18H2,1H3. The van der Waals surface area contributed by atoms with Gasteiger partial charge in [0.05, 0.1) is 6.54 Å². The molecule has 0 atom stereocenters. The van der Waals surface area contributed by atoms with E-state index in [-0.39, 0.29) is 0 Å². The van der Waals surface area contributed by atoms with Gasteiger partial charge in [0.1, 0.15) is 11.6 Å². The predicted molar refractivity (Wildman–Crippen MR) is 95.2 cm³/mol. The molecule has 0 bridgehead atoms. The smallest absolute Gasteiger partial charge is 0.225 e. The topological polar surface area (TPSA) is 89.0 Å². The fourth-order valence-corrected chi connectivity index (χ4v) is 3.75. The molecule has 1 saturated carbocycles. The van der Waals surface area contributed by atoms with Crippen molar-refractivity contribution >= 4 is 5.95 Å². The Kier molecular flexibility index (Phi) is 4.63. The van der Waals surface area contributed by atoms with Crippen molar-refractivity contribution in [3.05, 3.63) is 30.1 Å². The SMILES string of the molecule is CCn1c(CN2CCN(c3ncccn3)CC2)nnc1C1CC(N)C1. The molecule has 4 rings (SSSR count). The zero-order chi connectivity index (χ0) is 17.2. The van der Waals surface area contributed by atoms with Gasteiger partial charge in [-0.25, -0.2) is 9.97 Å². The molecule has 2 fully saturated rings. The molecule has 1 aliphatic carbocycles. The fraction of sp³-hybridized carbons (Fsp3) is 0.647. The quantitative estimate of drug-likeness (QED) is 0.852. The van der Waals surface area contributed by atoms with E-state index in [2.05, 4.69) is 41.5 Å². The molecule has 8 heteroatoms. The van der Waals surface area contributed by atoms with Crippen molar-refractivity contribution in [3.63, 3.8) is 0 Å². The van der Waals surface area contributed by atoms with Gasteiger partial charge in [-0.1, -0.05) is 0 Å². The number of nitrogens with two attached hydrogens (primary N) is 1. The minimum atomic E-state index is 0.337. The summed E-state index contributed by atoms with van der Waals surface area (Å²) in [5.41, 5.74) is 5.93. The molecule has 25 heavy (non-hydrogen) atoms. The number of rotatable bonds is 5. The Hall–Kier alpha value is -2.06. The second-order valence-corrected chi connectivity index (χ2v) is 6.96. The van der Waals surface area contributed by atoms with Gasteiger partial charge in [0.2, 0.25) is 5.95 Å². The highest BCUT2D eigenvalue weighted by molar-refractivity contribution is 5.29. The van der Waals surface area contributed by atoms with Crippen molar-refractivity contribution in [2.45, 2.75) is 44.8 Å². The number of piperazine rings is 1. The number of aromatic nitrogens is 5. The van der Waals surface area contributed by atoms with E-state index in [1.54, 1.807) is 12.4 Å². The lowest BCUT2D eigenvalue weighted by Crippen LogP contribution is -2.46. The van der Waals surface area contributed by atoms with Gasteiger partial charge in [-0.15, -0.1) is 10.2 Å². The Morgan fingerprint density at radius 1 is 1.08 bits per heavy atom. The third-order valence-corrected chi connectivity index (χ3v) is 5.28. The van der Waals surface area contributed by atoms with Crippen LogP contribution in [0.4, 0.5) is 5.95 Å². The number of hydrogen-bond donors (Lipinski definition) is 1. The molecule has 0 unspecified atom stereocenters. The lowest BCUT2D eigenvalue weighted by molar-refractivity contribution is 0.238. The van der Waals surface area contributed by atoms with E-state index in [0.717, 1.165) is 69.7 Å². The van der Waals surface area contributed by atoms with Crippen LogP contribution in [0.2, 0.25) is 0 Å². The summed E-state index contributed by atoms with van der Waals surface area (Å²) in [6.45, 7) is 7.78. The minimum absolute atomic E-state index is 0.337. The maximum absolute atomic E-state index is 5.93. The van der Waals surface area contributed by atoms with Gasteiger partial charge in [-0.3, -0.25) is 4.90 Å². The molecular formula is C17H26N8. The van der Waals surface area contributed by atoms with Crippen LogP contribution in [-0.2, 0) is 13.1 Å². The predicted octanol–water partition coefficient (Wildman–Crippen LogP) is 0.615. The van der Waals surface area contributed by atoms with Crippen LogP contribution in [-0.4, -0.2) is 61.9 Å². The van der Waals surface area contributed by atoms with E-state index in [0.29, 0.717) is 12.0 Å². The molecule has 2 aromatic heterocycles. The highest BCUT2D eigenvalue weighted by atomic mass is 15.3. The Morgan fingerprint density at radius 3 is 2.44 bits per heavy atom. The van der Waals surface area contributed by atoms with E-state index < -0.39 is 0 Å². The second-order valence-electron chi connectivity index (χ2n) is 6.96. The summed E-state index contributed by atoms with van der Waals surface area (Å²) in [6.07, 6.45) is 5.67. The largest absolute Gasteiger partial charge is 0.338 e. The van der Waals surface area contributed by atoms with Crippen LogP contribution in [0.1, 0.15) is 37.3 Å². The molecule has 1 saturated heterocycles. The Bertz CT molecular complexity index is 686. The maximum atomic E-state index is 5.93. The van der Waals surface area contributed by atoms with Crippen LogP contribution in [0.25, 0.3) is 0 Å². The second kappa shape index (κ2) is 7.05. The number of nitrogens with zero attached hydrogens (tertiary/aromatic N) is 7. The number of anilines is 1. The van der Waals surface area contributed by atoms with Gasteiger partial charge in [-0.05, 0) is 25.8 Å². The highest BCUT2D eigenvalue weighted by Crippen LogP contribution is 2.34. The van der Waals surface area contributed by atoms with Crippen LogP contribution in [0, 0.1) is 0 Å². The van der Waals surface area contributed by atoms with E-state index >= 15 is 0 Å². The van der Waals surface area contributed by atoms with Gasteiger partial charge in [0.15, 0.2) is 0 Å². The molecule has 134 valence electrons. The van der Waals surface area contributed by atoms with Gasteiger partial charge in [0, 0.05) is 57.1 Å². The third kappa shape index (κ3) is 3.36. The molecule has 0 radical (unpaired) electrons. The third-order valence-electron chi connectivity index (χ3n) is 5.28. The van der Waals surface area contributed by atoms with Crippen molar-refractivity contribution in [2.75, 3.05) is 31.1 Å².